The van der Waals surface area contributed by atoms with Gasteiger partial charge >= 0.3 is 0 Å². The minimum atomic E-state index is 0.470. The fourth-order valence-corrected chi connectivity index (χ4v) is 0.513. The third-order valence-electron chi connectivity index (χ3n) is 0.942. The topological polar surface area (TPSA) is 74.5 Å². The highest BCUT2D eigenvalue weighted by molar-refractivity contribution is 5.71. The molecule has 1 rings (SSSR count). The first kappa shape index (κ1) is 6.63. The second-order valence-corrected chi connectivity index (χ2v) is 1.65. The molecule has 0 unspecified atom stereocenters. The lowest BCUT2D eigenvalue weighted by Gasteiger charge is -1.91. The molecule has 54 valence electrons. The average Bonchev–Trinajstić information content (AvgIpc) is 2.31. The van der Waals surface area contributed by atoms with E-state index in [1.54, 1.807) is 12.3 Å². The molecule has 0 saturated carbocycles. The molecule has 0 bridgehead atoms. The molecule has 0 aromatic rings. The number of hydrogen-bond acceptors (Lipinski definition) is 5. The lowest BCUT2D eigenvalue weighted by molar-refractivity contribution is 0.586. The molecule has 0 aromatic carbocycles. The standard InChI is InChI=1S/C5H9N5/c1-2-3-7-5-4(6)8-10-9-5/h2-3,8-10H,1,6H2. The molecule has 0 fully saturated rings. The summed E-state index contributed by atoms with van der Waals surface area (Å²) < 4.78 is 0. The molecule has 5 heteroatoms. The number of rotatable bonds is 2. The first-order valence-electron chi connectivity index (χ1n) is 2.76. The molecular formula is C5H9N5. The lowest BCUT2D eigenvalue weighted by atomic mass is 10.6. The van der Waals surface area contributed by atoms with Crippen LogP contribution in [0.2, 0.25) is 0 Å². The zero-order chi connectivity index (χ0) is 7.40. The number of aliphatic imine (C=N–C) groups is 1. The van der Waals surface area contributed by atoms with E-state index in [9.17, 15) is 0 Å². The lowest BCUT2D eigenvalue weighted by Crippen LogP contribution is -2.33. The molecule has 5 nitrogen and oxygen atoms in total. The Morgan fingerprint density at radius 3 is 2.80 bits per heavy atom. The molecule has 5 N–H and O–H groups in total. The van der Waals surface area contributed by atoms with Crippen LogP contribution >= 0.6 is 0 Å². The highest BCUT2D eigenvalue weighted by Crippen LogP contribution is 1.94. The van der Waals surface area contributed by atoms with Gasteiger partial charge in [-0.3, -0.25) is 10.9 Å². The van der Waals surface area contributed by atoms with Crippen LogP contribution in [0.15, 0.2) is 29.3 Å². The van der Waals surface area contributed by atoms with E-state index in [-0.39, 0.29) is 0 Å². The van der Waals surface area contributed by atoms with Gasteiger partial charge in [0.25, 0.3) is 0 Å². The van der Waals surface area contributed by atoms with Crippen LogP contribution in [-0.4, -0.2) is 6.21 Å². The largest absolute Gasteiger partial charge is 0.381 e. The maximum absolute atomic E-state index is 5.42. The number of nitrogens with two attached hydrogens (primary N) is 1. The molecule has 0 spiro atoms. The highest BCUT2D eigenvalue weighted by Gasteiger charge is 2.05. The van der Waals surface area contributed by atoms with Crippen molar-refractivity contribution in [2.75, 3.05) is 0 Å². The van der Waals surface area contributed by atoms with Gasteiger partial charge in [-0.05, 0) is 0 Å². The van der Waals surface area contributed by atoms with E-state index in [0.717, 1.165) is 0 Å². The van der Waals surface area contributed by atoms with Gasteiger partial charge in [0, 0.05) is 6.21 Å². The summed E-state index contributed by atoms with van der Waals surface area (Å²) in [5.74, 6) is 1.04. The smallest absolute Gasteiger partial charge is 0.183 e. The molecule has 0 amide bonds. The van der Waals surface area contributed by atoms with Gasteiger partial charge in [-0.2, -0.15) is 0 Å². The van der Waals surface area contributed by atoms with Crippen molar-refractivity contribution < 1.29 is 0 Å². The molecule has 0 radical (unpaired) electrons. The quantitative estimate of drug-likeness (QED) is 0.368. The number of nitrogens with zero attached hydrogens (tertiary/aromatic N) is 1. The summed E-state index contributed by atoms with van der Waals surface area (Å²) in [6.07, 6.45) is 3.12. The number of allylic oxidation sites excluding steroid dienone is 1. The van der Waals surface area contributed by atoms with Crippen molar-refractivity contribution in [2.45, 2.75) is 0 Å². The van der Waals surface area contributed by atoms with E-state index < -0.39 is 0 Å². The predicted molar refractivity (Wildman–Crippen MR) is 39.3 cm³/mol. The molecule has 0 aromatic heterocycles. The Morgan fingerprint density at radius 1 is 1.50 bits per heavy atom. The highest BCUT2D eigenvalue weighted by atomic mass is 15.7. The summed E-state index contributed by atoms with van der Waals surface area (Å²) in [6, 6.07) is 0. The van der Waals surface area contributed by atoms with Crippen molar-refractivity contribution in [3.8, 4) is 0 Å². The first-order chi connectivity index (χ1) is 4.84. The van der Waals surface area contributed by atoms with Crippen molar-refractivity contribution in [3.63, 3.8) is 0 Å². The van der Waals surface area contributed by atoms with Gasteiger partial charge in [0.05, 0.1) is 0 Å². The van der Waals surface area contributed by atoms with Crippen LogP contribution < -0.4 is 22.1 Å². The molecule has 0 saturated heterocycles. The normalized spacial score (nSPS) is 17.2. The number of hydrogen-bond donors (Lipinski definition) is 4. The van der Waals surface area contributed by atoms with E-state index in [2.05, 4.69) is 28.0 Å². The van der Waals surface area contributed by atoms with Crippen molar-refractivity contribution in [3.05, 3.63) is 24.3 Å². The average molecular weight is 139 g/mol. The zero-order valence-corrected chi connectivity index (χ0v) is 5.39. The summed E-state index contributed by atoms with van der Waals surface area (Å²) in [5, 5.41) is 0. The third kappa shape index (κ3) is 1.26. The SMILES string of the molecule is C=CC=NC1=C(N)NNN1. The second kappa shape index (κ2) is 2.88. The van der Waals surface area contributed by atoms with Gasteiger partial charge in [0.15, 0.2) is 11.6 Å². The summed E-state index contributed by atoms with van der Waals surface area (Å²) in [7, 11) is 0. The molecule has 0 aliphatic carbocycles. The van der Waals surface area contributed by atoms with Crippen molar-refractivity contribution >= 4 is 6.21 Å². The summed E-state index contributed by atoms with van der Waals surface area (Å²) in [6.45, 7) is 3.47. The second-order valence-electron chi connectivity index (χ2n) is 1.65. The molecule has 0 atom stereocenters. The number of nitrogens with one attached hydrogen (secondary N) is 3. The Balaban J connectivity index is 2.62. The molecule has 1 aliphatic heterocycles. The van der Waals surface area contributed by atoms with Crippen molar-refractivity contribution in [2.24, 2.45) is 10.7 Å². The van der Waals surface area contributed by atoms with Gasteiger partial charge < -0.3 is 5.73 Å². The van der Waals surface area contributed by atoms with Gasteiger partial charge in [-0.25, -0.2) is 4.99 Å². The van der Waals surface area contributed by atoms with Crippen LogP contribution in [0, 0.1) is 0 Å². The number of hydrazine groups is 2. The van der Waals surface area contributed by atoms with Crippen molar-refractivity contribution in [1.29, 1.82) is 0 Å². The van der Waals surface area contributed by atoms with Crippen LogP contribution in [0.4, 0.5) is 0 Å². The maximum Gasteiger partial charge on any atom is 0.183 e. The molecule has 1 aliphatic rings. The Labute approximate surface area is 58.6 Å². The predicted octanol–water partition coefficient (Wildman–Crippen LogP) is -1.06. The summed E-state index contributed by atoms with van der Waals surface area (Å²) >= 11 is 0. The minimum absolute atomic E-state index is 0.470. The van der Waals surface area contributed by atoms with Gasteiger partial charge in [-0.1, -0.05) is 12.7 Å². The van der Waals surface area contributed by atoms with E-state index in [0.29, 0.717) is 11.6 Å². The Kier molecular flexibility index (Phi) is 1.91. The first-order valence-corrected chi connectivity index (χ1v) is 2.76. The maximum atomic E-state index is 5.42. The van der Waals surface area contributed by atoms with Crippen LogP contribution in [0.25, 0.3) is 0 Å². The Hall–Kier alpha value is -1.49. The fraction of sp³-hybridized carbons (Fsp3) is 0. The van der Waals surface area contributed by atoms with E-state index in [1.165, 1.54) is 0 Å². The van der Waals surface area contributed by atoms with Crippen molar-refractivity contribution in [1.82, 2.24) is 16.4 Å². The minimum Gasteiger partial charge on any atom is -0.381 e. The summed E-state index contributed by atoms with van der Waals surface area (Å²) in [4.78, 5) is 3.90. The fourth-order valence-electron chi connectivity index (χ4n) is 0.513. The van der Waals surface area contributed by atoms with E-state index >= 15 is 0 Å². The van der Waals surface area contributed by atoms with E-state index in [4.69, 9.17) is 5.73 Å². The van der Waals surface area contributed by atoms with Gasteiger partial charge in [-0.15, -0.1) is 5.53 Å². The molecular weight excluding hydrogens is 130 g/mol. The van der Waals surface area contributed by atoms with Crippen LogP contribution in [0.1, 0.15) is 0 Å². The van der Waals surface area contributed by atoms with Crippen LogP contribution in [0.3, 0.4) is 0 Å². The van der Waals surface area contributed by atoms with Gasteiger partial charge in [0.1, 0.15) is 0 Å². The van der Waals surface area contributed by atoms with Gasteiger partial charge in [0.2, 0.25) is 0 Å². The van der Waals surface area contributed by atoms with Crippen LogP contribution in [0.5, 0.6) is 0 Å². The monoisotopic (exact) mass is 139 g/mol. The Morgan fingerprint density at radius 2 is 2.30 bits per heavy atom. The van der Waals surface area contributed by atoms with E-state index in [1.807, 2.05) is 0 Å². The summed E-state index contributed by atoms with van der Waals surface area (Å²) in [5.41, 5.74) is 13.3. The Bertz CT molecular complexity index is 192. The third-order valence-corrected chi connectivity index (χ3v) is 0.942. The zero-order valence-electron chi connectivity index (χ0n) is 5.39. The van der Waals surface area contributed by atoms with Crippen LogP contribution in [-0.2, 0) is 0 Å². The molecule has 10 heavy (non-hydrogen) atoms. The molecule has 1 heterocycles.